The topological polar surface area (TPSA) is 94.2 Å². The highest BCUT2D eigenvalue weighted by Gasteiger charge is 2.54. The Morgan fingerprint density at radius 3 is 2.04 bits per heavy atom. The molecule has 1 heterocycles. The number of benzene rings is 3. The Kier molecular flexibility index (Phi) is 10.5. The molecule has 1 N–H and O–H groups in total. The van der Waals surface area contributed by atoms with E-state index in [1.165, 1.54) is 0 Å². The zero-order chi connectivity index (χ0) is 33.8. The zero-order valence-corrected chi connectivity index (χ0v) is 29.4. The highest BCUT2D eigenvalue weighted by molar-refractivity contribution is 6.74. The van der Waals surface area contributed by atoms with E-state index in [2.05, 4.69) is 39.2 Å². The molecule has 0 saturated carbocycles. The number of ether oxygens (including phenoxy) is 2. The standard InChI is InChI=1S/C37H48N2O6Si/c1-35(2,3)44-34(42)39-25-17-24-37(45-46(7,8)36(4,5)6,31(26-39)38-32(40)28-20-13-10-14-21-28)43-33(41)30-23-16-15-22-29(30)27-18-11-9-12-19-27/h9-16,18-23,31H,17,24-26H2,1-8H3,(H,38,40)/t31-,37-/m1/s1. The maximum absolute atomic E-state index is 14.4. The number of esters is 1. The summed E-state index contributed by atoms with van der Waals surface area (Å²) in [4.78, 5) is 43.1. The van der Waals surface area contributed by atoms with Crippen molar-refractivity contribution in [1.29, 1.82) is 0 Å². The largest absolute Gasteiger partial charge is 0.444 e. The Labute approximate surface area is 274 Å². The minimum Gasteiger partial charge on any atom is -0.444 e. The van der Waals surface area contributed by atoms with Crippen LogP contribution in [0.2, 0.25) is 18.1 Å². The van der Waals surface area contributed by atoms with Crippen LogP contribution in [0.4, 0.5) is 4.79 Å². The third kappa shape index (κ3) is 8.44. The Bertz CT molecular complexity index is 1510. The second kappa shape index (κ2) is 13.8. The summed E-state index contributed by atoms with van der Waals surface area (Å²) in [7, 11) is -2.66. The van der Waals surface area contributed by atoms with Crippen LogP contribution in [0.25, 0.3) is 11.1 Å². The van der Waals surface area contributed by atoms with Gasteiger partial charge in [-0.15, -0.1) is 0 Å². The van der Waals surface area contributed by atoms with Crippen LogP contribution in [0, 0.1) is 0 Å². The molecule has 3 aromatic carbocycles. The number of amides is 2. The summed E-state index contributed by atoms with van der Waals surface area (Å²) in [6.45, 7) is 16.3. The summed E-state index contributed by atoms with van der Waals surface area (Å²) in [5.74, 6) is -2.51. The molecule has 0 aromatic heterocycles. The average Bonchev–Trinajstić information content (AvgIpc) is 3.15. The van der Waals surface area contributed by atoms with Gasteiger partial charge in [-0.2, -0.15) is 0 Å². The van der Waals surface area contributed by atoms with E-state index in [1.807, 2.05) is 69.3 Å². The Morgan fingerprint density at radius 1 is 0.848 bits per heavy atom. The second-order valence-electron chi connectivity index (χ2n) is 14.4. The van der Waals surface area contributed by atoms with Crippen molar-refractivity contribution in [3.8, 4) is 11.1 Å². The molecule has 46 heavy (non-hydrogen) atoms. The number of carbonyl (C=O) groups is 3. The second-order valence-corrected chi connectivity index (χ2v) is 19.1. The highest BCUT2D eigenvalue weighted by atomic mass is 28.4. The van der Waals surface area contributed by atoms with Crippen molar-refractivity contribution in [3.63, 3.8) is 0 Å². The van der Waals surface area contributed by atoms with Crippen molar-refractivity contribution in [2.24, 2.45) is 0 Å². The van der Waals surface area contributed by atoms with Crippen molar-refractivity contribution in [2.75, 3.05) is 13.1 Å². The minimum absolute atomic E-state index is 0.0235. The van der Waals surface area contributed by atoms with Crippen molar-refractivity contribution >= 4 is 26.3 Å². The van der Waals surface area contributed by atoms with Gasteiger partial charge in [0.2, 0.25) is 5.79 Å². The smallest absolute Gasteiger partial charge is 0.410 e. The Morgan fingerprint density at radius 2 is 1.43 bits per heavy atom. The van der Waals surface area contributed by atoms with Crippen LogP contribution < -0.4 is 5.32 Å². The molecule has 2 atom stereocenters. The van der Waals surface area contributed by atoms with Crippen LogP contribution in [0.1, 0.15) is 75.1 Å². The molecule has 3 aromatic rings. The molecule has 246 valence electrons. The number of rotatable bonds is 7. The number of hydrogen-bond acceptors (Lipinski definition) is 6. The predicted molar refractivity (Wildman–Crippen MR) is 183 cm³/mol. The Hall–Kier alpha value is -3.95. The molecule has 1 aliphatic heterocycles. The number of carbonyl (C=O) groups excluding carboxylic acids is 3. The van der Waals surface area contributed by atoms with Gasteiger partial charge >= 0.3 is 12.1 Å². The fourth-order valence-electron chi connectivity index (χ4n) is 5.21. The third-order valence-electron chi connectivity index (χ3n) is 8.61. The van der Waals surface area contributed by atoms with Gasteiger partial charge in [0.1, 0.15) is 11.6 Å². The van der Waals surface area contributed by atoms with E-state index >= 15 is 0 Å². The quantitative estimate of drug-likeness (QED) is 0.159. The summed E-state index contributed by atoms with van der Waals surface area (Å²) in [6.07, 6.45) is 0.215. The summed E-state index contributed by atoms with van der Waals surface area (Å²) >= 11 is 0. The minimum atomic E-state index is -2.66. The molecule has 9 heteroatoms. The van der Waals surface area contributed by atoms with E-state index in [-0.39, 0.29) is 23.9 Å². The predicted octanol–water partition coefficient (Wildman–Crippen LogP) is 8.06. The van der Waals surface area contributed by atoms with Gasteiger partial charge in [-0.1, -0.05) is 87.5 Å². The van der Waals surface area contributed by atoms with Gasteiger partial charge in [-0.3, -0.25) is 4.79 Å². The van der Waals surface area contributed by atoms with Gasteiger partial charge in [0.15, 0.2) is 8.32 Å². The first-order valence-corrected chi connectivity index (χ1v) is 18.8. The lowest BCUT2D eigenvalue weighted by atomic mass is 9.99. The van der Waals surface area contributed by atoms with E-state index in [0.717, 1.165) is 11.1 Å². The number of nitrogens with zero attached hydrogens (tertiary/aromatic N) is 1. The maximum atomic E-state index is 14.4. The number of hydrogen-bond donors (Lipinski definition) is 1. The molecule has 1 saturated heterocycles. The lowest BCUT2D eigenvalue weighted by molar-refractivity contribution is -0.174. The van der Waals surface area contributed by atoms with Crippen molar-refractivity contribution in [3.05, 3.63) is 96.1 Å². The van der Waals surface area contributed by atoms with E-state index in [1.54, 1.807) is 41.3 Å². The summed E-state index contributed by atoms with van der Waals surface area (Å²) in [6, 6.07) is 24.9. The van der Waals surface area contributed by atoms with Crippen LogP contribution in [0.3, 0.4) is 0 Å². The van der Waals surface area contributed by atoms with E-state index < -0.39 is 37.8 Å². The molecular formula is C37H48N2O6Si. The average molecular weight is 645 g/mol. The van der Waals surface area contributed by atoms with E-state index in [9.17, 15) is 14.4 Å². The van der Waals surface area contributed by atoms with Crippen molar-refractivity contribution in [1.82, 2.24) is 10.2 Å². The first-order valence-electron chi connectivity index (χ1n) is 15.9. The zero-order valence-electron chi connectivity index (χ0n) is 28.4. The van der Waals surface area contributed by atoms with Crippen LogP contribution in [-0.2, 0) is 13.9 Å². The monoisotopic (exact) mass is 644 g/mol. The van der Waals surface area contributed by atoms with Crippen molar-refractivity contribution < 1.29 is 28.3 Å². The van der Waals surface area contributed by atoms with Crippen LogP contribution in [-0.4, -0.2) is 61.7 Å². The molecule has 0 radical (unpaired) electrons. The molecule has 1 fully saturated rings. The van der Waals surface area contributed by atoms with Crippen LogP contribution in [0.15, 0.2) is 84.9 Å². The summed E-state index contributed by atoms with van der Waals surface area (Å²) in [5, 5.41) is 2.87. The molecule has 0 aliphatic carbocycles. The lowest BCUT2D eigenvalue weighted by Gasteiger charge is -2.47. The molecule has 4 rings (SSSR count). The highest BCUT2D eigenvalue weighted by Crippen LogP contribution is 2.43. The van der Waals surface area contributed by atoms with Gasteiger partial charge < -0.3 is 24.1 Å². The van der Waals surface area contributed by atoms with Crippen molar-refractivity contribution in [2.45, 2.75) is 89.9 Å². The van der Waals surface area contributed by atoms with Crippen LogP contribution >= 0.6 is 0 Å². The Balaban J connectivity index is 1.83. The first-order chi connectivity index (χ1) is 21.5. The SMILES string of the molecule is CC(C)(C)OC(=O)N1CCC[C@@](OC(=O)c2ccccc2-c2ccccc2)(O[Si](C)(C)C(C)(C)C)[C@H](NC(=O)c2ccccc2)C1. The van der Waals surface area contributed by atoms with Crippen LogP contribution in [0.5, 0.6) is 0 Å². The first kappa shape index (κ1) is 34.9. The molecule has 2 amide bonds. The molecule has 1 aliphatic rings. The molecule has 0 unspecified atom stereocenters. The summed E-state index contributed by atoms with van der Waals surface area (Å²) < 4.78 is 19.5. The van der Waals surface area contributed by atoms with Gasteiger partial charge in [0.05, 0.1) is 12.1 Å². The fraction of sp³-hybridized carbons (Fsp3) is 0.432. The number of nitrogens with one attached hydrogen (secondary N) is 1. The fourth-order valence-corrected chi connectivity index (χ4v) is 6.67. The van der Waals surface area contributed by atoms with Gasteiger partial charge in [0.25, 0.3) is 5.91 Å². The summed E-state index contributed by atoms with van der Waals surface area (Å²) in [5.41, 5.74) is 1.71. The molecule has 0 bridgehead atoms. The molecule has 0 spiro atoms. The number of likely N-dealkylation sites (tertiary alicyclic amines) is 1. The third-order valence-corrected chi connectivity index (χ3v) is 13.1. The normalized spacial score (nSPS) is 19.1. The maximum Gasteiger partial charge on any atom is 0.410 e. The van der Waals surface area contributed by atoms with Gasteiger partial charge in [0, 0.05) is 18.5 Å². The van der Waals surface area contributed by atoms with E-state index in [4.69, 9.17) is 13.9 Å². The molecule has 8 nitrogen and oxygen atoms in total. The van der Waals surface area contributed by atoms with Gasteiger partial charge in [-0.25, -0.2) is 9.59 Å². The lowest BCUT2D eigenvalue weighted by Crippen LogP contribution is -2.64. The van der Waals surface area contributed by atoms with Gasteiger partial charge in [-0.05, 0) is 74.7 Å². The van der Waals surface area contributed by atoms with E-state index in [0.29, 0.717) is 24.1 Å². The molecular weight excluding hydrogens is 597 g/mol.